The highest BCUT2D eigenvalue weighted by atomic mass is 79.9. The highest BCUT2D eigenvalue weighted by Crippen LogP contribution is 2.29. The summed E-state index contributed by atoms with van der Waals surface area (Å²) in [6.07, 6.45) is 2.31. The third-order valence-electron chi connectivity index (χ3n) is 4.55. The summed E-state index contributed by atoms with van der Waals surface area (Å²) in [6, 6.07) is 12.3. The molecule has 6 heteroatoms. The van der Waals surface area contributed by atoms with Crippen molar-refractivity contribution in [3.8, 4) is 21.9 Å². The van der Waals surface area contributed by atoms with Crippen molar-refractivity contribution >= 4 is 39.6 Å². The minimum atomic E-state index is -0.996. The van der Waals surface area contributed by atoms with Crippen LogP contribution in [0.3, 0.4) is 0 Å². The predicted molar refractivity (Wildman–Crippen MR) is 119 cm³/mol. The van der Waals surface area contributed by atoms with Crippen LogP contribution in [0.25, 0.3) is 11.1 Å². The molecule has 0 saturated heterocycles. The molecule has 0 aliphatic heterocycles. The number of carboxylic acid groups (broad SMARTS) is 1. The summed E-state index contributed by atoms with van der Waals surface area (Å²) < 4.78 is 0. The maximum absolute atomic E-state index is 13.2. The van der Waals surface area contributed by atoms with Gasteiger partial charge in [0.1, 0.15) is 6.04 Å². The van der Waals surface area contributed by atoms with Crippen molar-refractivity contribution in [2.75, 3.05) is 19.1 Å². The molecule has 0 aliphatic rings. The van der Waals surface area contributed by atoms with Crippen LogP contribution in [0.4, 0.5) is 0 Å². The van der Waals surface area contributed by atoms with E-state index >= 15 is 0 Å². The van der Waals surface area contributed by atoms with E-state index in [9.17, 15) is 14.7 Å². The fraction of sp³-hybridized carbons (Fsp3) is 0.273. The fourth-order valence-electron chi connectivity index (χ4n) is 3.00. The number of hydrogen-bond donors (Lipinski definition) is 1. The van der Waals surface area contributed by atoms with E-state index < -0.39 is 12.0 Å². The van der Waals surface area contributed by atoms with E-state index in [1.54, 1.807) is 30.9 Å². The van der Waals surface area contributed by atoms with Crippen molar-refractivity contribution in [3.63, 3.8) is 0 Å². The van der Waals surface area contributed by atoms with Crippen LogP contribution < -0.4 is 0 Å². The zero-order valence-electron chi connectivity index (χ0n) is 16.0. The second-order valence-corrected chi connectivity index (χ2v) is 7.73. The third-order valence-corrected chi connectivity index (χ3v) is 5.39. The number of carboxylic acids is 1. The number of aryl methyl sites for hydroxylation is 1. The van der Waals surface area contributed by atoms with Crippen LogP contribution in [0.15, 0.2) is 42.5 Å². The Morgan fingerprint density at radius 2 is 1.93 bits per heavy atom. The fourth-order valence-corrected chi connectivity index (χ4v) is 3.69. The SMILES string of the molecule is CSCCC(C(=O)O)N(C)C(=O)c1ccc(C#CBr)cc1-c1ccccc1C. The molecule has 0 radical (unpaired) electrons. The average molecular weight is 460 g/mol. The second-order valence-electron chi connectivity index (χ2n) is 6.35. The smallest absolute Gasteiger partial charge is 0.326 e. The molecule has 2 rings (SSSR count). The predicted octanol–water partition coefficient (Wildman–Crippen LogP) is 4.64. The molecule has 4 nitrogen and oxygen atoms in total. The van der Waals surface area contributed by atoms with Crippen molar-refractivity contribution in [1.29, 1.82) is 0 Å². The van der Waals surface area contributed by atoms with Gasteiger partial charge in [0.15, 0.2) is 0 Å². The van der Waals surface area contributed by atoms with Gasteiger partial charge in [-0.05, 0) is 65.1 Å². The van der Waals surface area contributed by atoms with Crippen LogP contribution in [0.2, 0.25) is 0 Å². The van der Waals surface area contributed by atoms with Gasteiger partial charge < -0.3 is 10.0 Å². The Labute approximate surface area is 178 Å². The molecule has 0 aliphatic carbocycles. The van der Waals surface area contributed by atoms with Crippen LogP contribution in [0.5, 0.6) is 0 Å². The van der Waals surface area contributed by atoms with Gasteiger partial charge in [-0.3, -0.25) is 4.79 Å². The van der Waals surface area contributed by atoms with Crippen molar-refractivity contribution in [2.24, 2.45) is 0 Å². The number of thioether (sulfide) groups is 1. The Bertz CT molecular complexity index is 933. The molecular formula is C22H22BrNO3S. The first-order valence-electron chi connectivity index (χ1n) is 8.71. The van der Waals surface area contributed by atoms with E-state index in [0.29, 0.717) is 17.7 Å². The molecule has 0 heterocycles. The molecule has 146 valence electrons. The van der Waals surface area contributed by atoms with Crippen molar-refractivity contribution in [3.05, 3.63) is 59.2 Å². The lowest BCUT2D eigenvalue weighted by atomic mass is 9.93. The summed E-state index contributed by atoms with van der Waals surface area (Å²) >= 11 is 4.67. The normalized spacial score (nSPS) is 11.3. The largest absolute Gasteiger partial charge is 0.480 e. The molecule has 1 amide bonds. The van der Waals surface area contributed by atoms with Crippen LogP contribution >= 0.6 is 27.7 Å². The second kappa shape index (κ2) is 10.4. The quantitative estimate of drug-likeness (QED) is 0.612. The molecule has 2 aromatic rings. The van der Waals surface area contributed by atoms with Gasteiger partial charge in [0.25, 0.3) is 5.91 Å². The van der Waals surface area contributed by atoms with Crippen LogP contribution in [-0.4, -0.2) is 47.0 Å². The van der Waals surface area contributed by atoms with E-state index in [-0.39, 0.29) is 5.91 Å². The lowest BCUT2D eigenvalue weighted by Crippen LogP contribution is -2.43. The Hall–Kier alpha value is -2.23. The zero-order chi connectivity index (χ0) is 20.7. The van der Waals surface area contributed by atoms with Crippen LogP contribution in [0, 0.1) is 17.7 Å². The minimum absolute atomic E-state index is 0.315. The number of hydrogen-bond acceptors (Lipinski definition) is 3. The molecule has 2 aromatic carbocycles. The van der Waals surface area contributed by atoms with E-state index in [4.69, 9.17) is 0 Å². The molecule has 1 atom stereocenters. The molecule has 0 saturated carbocycles. The summed E-state index contributed by atoms with van der Waals surface area (Å²) in [5.41, 5.74) is 3.93. The van der Waals surface area contributed by atoms with Gasteiger partial charge in [-0.15, -0.1) is 0 Å². The van der Waals surface area contributed by atoms with E-state index in [1.165, 1.54) is 4.90 Å². The standard InChI is InChI=1S/C22H22BrNO3S/c1-15-6-4-5-7-17(15)19-14-16(10-12-23)8-9-18(19)21(25)24(2)20(22(26)27)11-13-28-3/h4-9,14,20H,11,13H2,1-3H3,(H,26,27). The Kier molecular flexibility index (Phi) is 8.16. The molecule has 0 bridgehead atoms. The molecule has 28 heavy (non-hydrogen) atoms. The van der Waals surface area contributed by atoms with Gasteiger partial charge in [0, 0.05) is 34.1 Å². The summed E-state index contributed by atoms with van der Waals surface area (Å²) in [6.45, 7) is 1.98. The maximum atomic E-state index is 13.2. The van der Waals surface area contributed by atoms with Gasteiger partial charge >= 0.3 is 5.97 Å². The Balaban J connectivity index is 2.54. The summed E-state index contributed by atoms with van der Waals surface area (Å²) in [5, 5.41) is 9.58. The van der Waals surface area contributed by atoms with Crippen molar-refractivity contribution < 1.29 is 14.7 Å². The number of halogens is 1. The Morgan fingerprint density at radius 1 is 1.21 bits per heavy atom. The van der Waals surface area contributed by atoms with E-state index in [2.05, 4.69) is 26.7 Å². The van der Waals surface area contributed by atoms with E-state index in [1.807, 2.05) is 43.5 Å². The first kappa shape index (κ1) is 22.1. The number of likely N-dealkylation sites (N-methyl/N-ethyl adjacent to an activating group) is 1. The van der Waals surface area contributed by atoms with Crippen molar-refractivity contribution in [2.45, 2.75) is 19.4 Å². The van der Waals surface area contributed by atoms with Gasteiger partial charge in [0.05, 0.1) is 0 Å². The van der Waals surface area contributed by atoms with Gasteiger partial charge in [-0.2, -0.15) is 11.8 Å². The summed E-state index contributed by atoms with van der Waals surface area (Å²) in [5.74, 6) is 2.30. The number of benzene rings is 2. The van der Waals surface area contributed by atoms with Crippen molar-refractivity contribution in [1.82, 2.24) is 4.90 Å². The van der Waals surface area contributed by atoms with Crippen LogP contribution in [0.1, 0.15) is 27.9 Å². The zero-order valence-corrected chi connectivity index (χ0v) is 18.4. The number of carbonyl (C=O) groups is 2. The molecular weight excluding hydrogens is 438 g/mol. The first-order valence-corrected chi connectivity index (χ1v) is 10.9. The topological polar surface area (TPSA) is 57.6 Å². The first-order chi connectivity index (χ1) is 13.4. The highest BCUT2D eigenvalue weighted by molar-refractivity contribution is 9.12. The molecule has 0 aromatic heterocycles. The van der Waals surface area contributed by atoms with Gasteiger partial charge in [0.2, 0.25) is 0 Å². The summed E-state index contributed by atoms with van der Waals surface area (Å²) in [7, 11) is 1.55. The number of carbonyl (C=O) groups excluding carboxylic acids is 1. The molecule has 0 spiro atoms. The number of amides is 1. The lowest BCUT2D eigenvalue weighted by molar-refractivity contribution is -0.142. The lowest BCUT2D eigenvalue weighted by Gasteiger charge is -2.26. The average Bonchev–Trinajstić information content (AvgIpc) is 2.68. The van der Waals surface area contributed by atoms with Gasteiger partial charge in [-0.25, -0.2) is 4.79 Å². The molecule has 1 unspecified atom stereocenters. The third kappa shape index (κ3) is 5.18. The molecule has 1 N–H and O–H groups in total. The Morgan fingerprint density at radius 3 is 2.54 bits per heavy atom. The minimum Gasteiger partial charge on any atom is -0.480 e. The molecule has 0 fully saturated rings. The summed E-state index contributed by atoms with van der Waals surface area (Å²) in [4.78, 5) is 29.0. The highest BCUT2D eigenvalue weighted by Gasteiger charge is 2.28. The van der Waals surface area contributed by atoms with Crippen LogP contribution in [-0.2, 0) is 4.79 Å². The number of rotatable bonds is 7. The maximum Gasteiger partial charge on any atom is 0.326 e. The van der Waals surface area contributed by atoms with Gasteiger partial charge in [-0.1, -0.05) is 30.2 Å². The number of nitrogens with zero attached hydrogens (tertiary/aromatic N) is 1. The van der Waals surface area contributed by atoms with E-state index in [0.717, 1.165) is 22.3 Å². The number of aliphatic carboxylic acids is 1. The monoisotopic (exact) mass is 459 g/mol.